The number of nitrogens with two attached hydrogens (primary N) is 1. The highest BCUT2D eigenvalue weighted by atomic mass is 19.4. The minimum absolute atomic E-state index is 0.0508. The first kappa shape index (κ1) is 18.3. The zero-order valence-corrected chi connectivity index (χ0v) is 12.7. The Hall–Kier alpha value is -2.02. The molecule has 2 aromatic rings. The molecule has 1 unspecified atom stereocenters. The van der Waals surface area contributed by atoms with Crippen LogP contribution in [0.1, 0.15) is 36.1 Å². The van der Waals surface area contributed by atoms with Crippen molar-refractivity contribution < 1.29 is 26.3 Å². The Morgan fingerprint density at radius 3 is 2.08 bits per heavy atom. The molecule has 130 valence electrons. The van der Waals surface area contributed by atoms with Crippen molar-refractivity contribution in [2.24, 2.45) is 5.73 Å². The predicted octanol–water partition coefficient (Wildman–Crippen LogP) is 5.80. The third-order valence-electron chi connectivity index (χ3n) is 3.72. The number of rotatable bonds is 3. The third kappa shape index (κ3) is 3.72. The van der Waals surface area contributed by atoms with E-state index in [0.29, 0.717) is 18.1 Å². The topological polar surface area (TPSA) is 26.0 Å². The van der Waals surface area contributed by atoms with E-state index in [1.54, 1.807) is 6.07 Å². The van der Waals surface area contributed by atoms with E-state index in [9.17, 15) is 26.3 Å². The molecule has 0 aliphatic rings. The summed E-state index contributed by atoms with van der Waals surface area (Å²) in [4.78, 5) is 0. The van der Waals surface area contributed by atoms with Crippen molar-refractivity contribution in [3.05, 3.63) is 59.2 Å². The second-order valence-corrected chi connectivity index (χ2v) is 5.36. The molecule has 0 fully saturated rings. The van der Waals surface area contributed by atoms with Crippen LogP contribution in [-0.2, 0) is 12.4 Å². The maximum absolute atomic E-state index is 13.3. The number of alkyl halides is 6. The molecule has 0 radical (unpaired) electrons. The van der Waals surface area contributed by atoms with Crippen LogP contribution in [0.3, 0.4) is 0 Å². The van der Waals surface area contributed by atoms with Gasteiger partial charge in [-0.2, -0.15) is 26.3 Å². The molecule has 0 aliphatic carbocycles. The summed E-state index contributed by atoms with van der Waals surface area (Å²) in [5.41, 5.74) is 2.59. The maximum atomic E-state index is 13.3. The zero-order chi connectivity index (χ0) is 18.1. The van der Waals surface area contributed by atoms with Gasteiger partial charge in [0.05, 0.1) is 11.1 Å². The second kappa shape index (κ2) is 6.47. The molecule has 24 heavy (non-hydrogen) atoms. The van der Waals surface area contributed by atoms with Crippen LogP contribution < -0.4 is 5.73 Å². The fraction of sp³-hybridized carbons (Fsp3) is 0.294. The summed E-state index contributed by atoms with van der Waals surface area (Å²) in [5.74, 6) is 0. The first-order valence-corrected chi connectivity index (χ1v) is 7.19. The summed E-state index contributed by atoms with van der Waals surface area (Å²) in [5, 5.41) is 0. The maximum Gasteiger partial charge on any atom is 0.417 e. The third-order valence-corrected chi connectivity index (χ3v) is 3.72. The Balaban J connectivity index is 2.72. The SMILES string of the molecule is CCC(N)c1cccc(-c2cccc(C(F)(F)F)c2C(F)(F)F)c1. The van der Waals surface area contributed by atoms with Gasteiger partial charge in [-0.25, -0.2) is 0 Å². The molecule has 0 heterocycles. The van der Waals surface area contributed by atoms with Crippen molar-refractivity contribution >= 4 is 0 Å². The smallest absolute Gasteiger partial charge is 0.324 e. The van der Waals surface area contributed by atoms with Crippen molar-refractivity contribution in [3.63, 3.8) is 0 Å². The van der Waals surface area contributed by atoms with Gasteiger partial charge in [0.1, 0.15) is 0 Å². The Labute approximate surface area is 135 Å². The molecule has 0 aromatic heterocycles. The normalized spacial score (nSPS) is 13.8. The molecule has 1 atom stereocenters. The lowest BCUT2D eigenvalue weighted by molar-refractivity contribution is -0.161. The molecule has 7 heteroatoms. The summed E-state index contributed by atoms with van der Waals surface area (Å²) in [6.07, 6.45) is -9.68. The molecule has 2 aromatic carbocycles. The quantitative estimate of drug-likeness (QED) is 0.698. The lowest BCUT2D eigenvalue weighted by Crippen LogP contribution is -2.18. The van der Waals surface area contributed by atoms with Crippen molar-refractivity contribution in [1.29, 1.82) is 0 Å². The van der Waals surface area contributed by atoms with Crippen molar-refractivity contribution in [2.75, 3.05) is 0 Å². The molecule has 2 rings (SSSR count). The van der Waals surface area contributed by atoms with E-state index in [-0.39, 0.29) is 5.56 Å². The number of benzene rings is 2. The summed E-state index contributed by atoms with van der Waals surface area (Å²) in [6.45, 7) is 1.81. The first-order valence-electron chi connectivity index (χ1n) is 7.19. The van der Waals surface area contributed by atoms with Gasteiger partial charge in [0.15, 0.2) is 0 Å². The molecule has 1 nitrogen and oxygen atoms in total. The van der Waals surface area contributed by atoms with E-state index in [1.165, 1.54) is 18.2 Å². The van der Waals surface area contributed by atoms with Crippen LogP contribution in [0.5, 0.6) is 0 Å². The minimum Gasteiger partial charge on any atom is -0.324 e. The number of hydrogen-bond acceptors (Lipinski definition) is 1. The van der Waals surface area contributed by atoms with Crippen molar-refractivity contribution in [3.8, 4) is 11.1 Å². The molecule has 2 N–H and O–H groups in total. The van der Waals surface area contributed by atoms with E-state index >= 15 is 0 Å². The van der Waals surface area contributed by atoms with E-state index in [1.807, 2.05) is 6.92 Å². The van der Waals surface area contributed by atoms with Crippen LogP contribution in [0.15, 0.2) is 42.5 Å². The van der Waals surface area contributed by atoms with Gasteiger partial charge < -0.3 is 5.73 Å². The Bertz CT molecular complexity index is 718. The van der Waals surface area contributed by atoms with Gasteiger partial charge in [-0.15, -0.1) is 0 Å². The summed E-state index contributed by atoms with van der Waals surface area (Å²) >= 11 is 0. The molecule has 0 saturated carbocycles. The van der Waals surface area contributed by atoms with Crippen LogP contribution in [0.4, 0.5) is 26.3 Å². The van der Waals surface area contributed by atoms with Crippen molar-refractivity contribution in [1.82, 2.24) is 0 Å². The summed E-state index contributed by atoms with van der Waals surface area (Å²) in [6, 6.07) is 7.92. The second-order valence-electron chi connectivity index (χ2n) is 5.36. The monoisotopic (exact) mass is 347 g/mol. The van der Waals surface area contributed by atoms with Crippen LogP contribution in [0.25, 0.3) is 11.1 Å². The fourth-order valence-corrected chi connectivity index (χ4v) is 2.51. The van der Waals surface area contributed by atoms with Gasteiger partial charge in [-0.1, -0.05) is 37.3 Å². The van der Waals surface area contributed by atoms with Crippen LogP contribution in [0.2, 0.25) is 0 Å². The molecule has 0 aliphatic heterocycles. The molecular weight excluding hydrogens is 332 g/mol. The van der Waals surface area contributed by atoms with E-state index in [4.69, 9.17) is 5.73 Å². The van der Waals surface area contributed by atoms with Gasteiger partial charge in [-0.3, -0.25) is 0 Å². The average molecular weight is 347 g/mol. The highest BCUT2D eigenvalue weighted by Crippen LogP contribution is 2.45. The summed E-state index contributed by atoms with van der Waals surface area (Å²) in [7, 11) is 0. The van der Waals surface area contributed by atoms with Gasteiger partial charge in [-0.05, 0) is 35.2 Å². The zero-order valence-electron chi connectivity index (χ0n) is 12.7. The van der Waals surface area contributed by atoms with Crippen molar-refractivity contribution in [2.45, 2.75) is 31.7 Å². The highest BCUT2D eigenvalue weighted by molar-refractivity contribution is 5.70. The Morgan fingerprint density at radius 1 is 0.917 bits per heavy atom. The predicted molar refractivity (Wildman–Crippen MR) is 79.1 cm³/mol. The standard InChI is InChI=1S/C17H15F6N/c1-2-14(24)11-6-3-5-10(9-11)12-7-4-8-13(16(18,19)20)15(12)17(21,22)23/h3-9,14H,2,24H2,1H3. The van der Waals surface area contributed by atoms with E-state index in [2.05, 4.69) is 0 Å². The van der Waals surface area contributed by atoms with Crippen LogP contribution in [-0.4, -0.2) is 0 Å². The fourth-order valence-electron chi connectivity index (χ4n) is 2.51. The average Bonchev–Trinajstić information content (AvgIpc) is 2.52. The molecule has 0 saturated heterocycles. The lowest BCUT2D eigenvalue weighted by Gasteiger charge is -2.20. The first-order chi connectivity index (χ1) is 11.1. The minimum atomic E-state index is -5.13. The number of halogens is 6. The summed E-state index contributed by atoms with van der Waals surface area (Å²) < 4.78 is 79.0. The largest absolute Gasteiger partial charge is 0.417 e. The molecule has 0 bridgehead atoms. The molecular formula is C17H15F6N. The van der Waals surface area contributed by atoms with Gasteiger partial charge in [0.2, 0.25) is 0 Å². The Kier molecular flexibility index (Phi) is 4.94. The van der Waals surface area contributed by atoms with E-state index < -0.39 is 35.1 Å². The highest BCUT2D eigenvalue weighted by Gasteiger charge is 2.44. The number of hydrogen-bond donors (Lipinski definition) is 1. The van der Waals surface area contributed by atoms with Gasteiger partial charge in [0, 0.05) is 6.04 Å². The van der Waals surface area contributed by atoms with Crippen LogP contribution in [0, 0.1) is 0 Å². The van der Waals surface area contributed by atoms with Crippen LogP contribution >= 0.6 is 0 Å². The molecule has 0 spiro atoms. The van der Waals surface area contributed by atoms with Gasteiger partial charge >= 0.3 is 12.4 Å². The van der Waals surface area contributed by atoms with E-state index in [0.717, 1.165) is 12.1 Å². The lowest BCUT2D eigenvalue weighted by atomic mass is 9.92. The molecule has 0 amide bonds. The Morgan fingerprint density at radius 2 is 1.54 bits per heavy atom. The van der Waals surface area contributed by atoms with Gasteiger partial charge in [0.25, 0.3) is 0 Å².